The summed E-state index contributed by atoms with van der Waals surface area (Å²) < 4.78 is 34.5. The van der Waals surface area contributed by atoms with Crippen LogP contribution in [0.2, 0.25) is 0 Å². The fraction of sp³-hybridized carbons (Fsp3) is 0.450. The van der Waals surface area contributed by atoms with Crippen LogP contribution in [0, 0.1) is 0 Å². The summed E-state index contributed by atoms with van der Waals surface area (Å²) in [6.45, 7) is 5.78. The third kappa shape index (κ3) is 4.64. The molecule has 2 aromatic heterocycles. The molecule has 2 aliphatic rings. The van der Waals surface area contributed by atoms with Crippen molar-refractivity contribution in [2.24, 2.45) is 0 Å². The SMILES string of the molecule is C[C@H]1CN(c2cc(C(C)(F)P)cc(-c3ccnc4c3C(C(F)P)OC(=O)N4)n2)CCN1. The van der Waals surface area contributed by atoms with Gasteiger partial charge in [0, 0.05) is 43.0 Å². The molecule has 4 heterocycles. The molecule has 0 saturated carbocycles. The Morgan fingerprint density at radius 1 is 1.42 bits per heavy atom. The van der Waals surface area contributed by atoms with Crippen LogP contribution in [0.1, 0.15) is 31.1 Å². The maximum atomic E-state index is 15.0. The minimum absolute atomic E-state index is 0.210. The number of fused-ring (bicyclic) bond motifs is 1. The predicted octanol–water partition coefficient (Wildman–Crippen LogP) is 3.73. The summed E-state index contributed by atoms with van der Waals surface area (Å²) in [5.41, 5.74) is 1.78. The smallest absolute Gasteiger partial charge is 0.413 e. The number of nitrogens with one attached hydrogen (secondary N) is 2. The van der Waals surface area contributed by atoms with Gasteiger partial charge in [0.2, 0.25) is 0 Å². The van der Waals surface area contributed by atoms with E-state index < -0.39 is 23.5 Å². The molecule has 31 heavy (non-hydrogen) atoms. The highest BCUT2D eigenvalue weighted by Crippen LogP contribution is 2.43. The van der Waals surface area contributed by atoms with E-state index in [1.807, 2.05) is 9.24 Å². The number of hydrogen-bond acceptors (Lipinski definition) is 6. The second-order valence-corrected chi connectivity index (χ2v) is 9.71. The average molecular weight is 467 g/mol. The van der Waals surface area contributed by atoms with Crippen molar-refractivity contribution in [3.63, 3.8) is 0 Å². The number of carbonyl (C=O) groups excluding carboxylic acids is 1. The number of cyclic esters (lactones) is 1. The van der Waals surface area contributed by atoms with Gasteiger partial charge in [-0.2, -0.15) is 0 Å². The number of ether oxygens (including phenoxy) is 1. The molecule has 2 aliphatic heterocycles. The number of aromatic nitrogens is 2. The highest BCUT2D eigenvalue weighted by atomic mass is 31.0. The summed E-state index contributed by atoms with van der Waals surface area (Å²) in [5.74, 6) is -0.697. The molecule has 0 aliphatic carbocycles. The van der Waals surface area contributed by atoms with E-state index in [4.69, 9.17) is 9.72 Å². The largest absolute Gasteiger partial charge is 0.437 e. The second kappa shape index (κ2) is 8.53. The van der Waals surface area contributed by atoms with Gasteiger partial charge in [0.05, 0.1) is 5.69 Å². The number of halogens is 2. The first-order chi connectivity index (χ1) is 14.6. The summed E-state index contributed by atoms with van der Waals surface area (Å²) in [6, 6.07) is 5.32. The van der Waals surface area contributed by atoms with Crippen LogP contribution < -0.4 is 15.5 Å². The van der Waals surface area contributed by atoms with Crippen LogP contribution >= 0.6 is 18.5 Å². The van der Waals surface area contributed by atoms with Crippen molar-refractivity contribution < 1.29 is 18.3 Å². The fourth-order valence-corrected chi connectivity index (χ4v) is 4.29. The quantitative estimate of drug-likeness (QED) is 0.668. The number of anilines is 2. The number of pyridine rings is 2. The minimum Gasteiger partial charge on any atom is -0.437 e. The Kier molecular flexibility index (Phi) is 6.12. The van der Waals surface area contributed by atoms with E-state index >= 15 is 0 Å². The summed E-state index contributed by atoms with van der Waals surface area (Å²) in [4.78, 5) is 22.9. The Bertz CT molecular complexity index is 1000. The number of rotatable bonds is 4. The Labute approximate surface area is 184 Å². The molecule has 7 nitrogen and oxygen atoms in total. The molecule has 1 fully saturated rings. The van der Waals surface area contributed by atoms with Crippen molar-refractivity contribution in [3.05, 3.63) is 35.5 Å². The summed E-state index contributed by atoms with van der Waals surface area (Å²) >= 11 is 0. The molecule has 0 aromatic carbocycles. The lowest BCUT2D eigenvalue weighted by Gasteiger charge is -2.34. The Morgan fingerprint density at radius 2 is 2.19 bits per heavy atom. The van der Waals surface area contributed by atoms with Gasteiger partial charge in [-0.05, 0) is 37.6 Å². The maximum Gasteiger partial charge on any atom is 0.413 e. The molecule has 2 aromatic rings. The molecule has 166 valence electrons. The molecule has 11 heteroatoms. The van der Waals surface area contributed by atoms with Crippen molar-refractivity contribution in [2.75, 3.05) is 29.9 Å². The topological polar surface area (TPSA) is 79.4 Å². The highest BCUT2D eigenvalue weighted by molar-refractivity contribution is 7.18. The van der Waals surface area contributed by atoms with Crippen molar-refractivity contribution in [2.45, 2.75) is 37.3 Å². The van der Waals surface area contributed by atoms with E-state index in [2.05, 4.69) is 36.7 Å². The number of nitrogens with zero attached hydrogens (tertiary/aromatic N) is 3. The van der Waals surface area contributed by atoms with Crippen LogP contribution in [0.25, 0.3) is 11.3 Å². The van der Waals surface area contributed by atoms with Gasteiger partial charge in [0.1, 0.15) is 17.0 Å². The van der Waals surface area contributed by atoms with Crippen molar-refractivity contribution in [3.8, 4) is 11.3 Å². The zero-order chi connectivity index (χ0) is 22.3. The average Bonchev–Trinajstić information content (AvgIpc) is 2.71. The van der Waals surface area contributed by atoms with Gasteiger partial charge in [0.25, 0.3) is 0 Å². The van der Waals surface area contributed by atoms with E-state index in [0.717, 1.165) is 19.6 Å². The van der Waals surface area contributed by atoms with Gasteiger partial charge < -0.3 is 15.0 Å². The number of alkyl halides is 2. The molecule has 6 atom stereocenters. The van der Waals surface area contributed by atoms with E-state index in [-0.39, 0.29) is 11.9 Å². The number of amides is 1. The normalized spacial score (nSPS) is 23.9. The van der Waals surface area contributed by atoms with Crippen LogP contribution in [0.5, 0.6) is 0 Å². The Hall–Kier alpha value is -1.95. The molecule has 2 N–H and O–H groups in total. The summed E-state index contributed by atoms with van der Waals surface area (Å²) in [6.07, 6.45) is -0.438. The molecule has 0 spiro atoms. The minimum atomic E-state index is -1.69. The van der Waals surface area contributed by atoms with E-state index in [1.165, 1.54) is 13.1 Å². The van der Waals surface area contributed by atoms with Gasteiger partial charge in [-0.15, -0.1) is 0 Å². The Morgan fingerprint density at radius 3 is 2.87 bits per heavy atom. The van der Waals surface area contributed by atoms with Gasteiger partial charge in [0.15, 0.2) is 12.0 Å². The van der Waals surface area contributed by atoms with Crippen LogP contribution in [-0.4, -0.2) is 47.7 Å². The molecular formula is C20H25F2N5O2P2. The second-order valence-electron chi connectivity index (χ2n) is 7.99. The van der Waals surface area contributed by atoms with E-state index in [0.29, 0.717) is 28.2 Å². The number of hydrogen-bond donors (Lipinski definition) is 2. The highest BCUT2D eigenvalue weighted by Gasteiger charge is 2.35. The maximum absolute atomic E-state index is 15.0. The first-order valence-corrected chi connectivity index (χ1v) is 11.2. The summed E-state index contributed by atoms with van der Waals surface area (Å²) in [7, 11) is 4.22. The zero-order valence-corrected chi connectivity index (χ0v) is 19.5. The zero-order valence-electron chi connectivity index (χ0n) is 17.2. The van der Waals surface area contributed by atoms with Crippen molar-refractivity contribution in [1.29, 1.82) is 0 Å². The molecule has 0 radical (unpaired) electrons. The molecule has 1 amide bonds. The molecule has 4 rings (SSSR count). The molecule has 1 saturated heterocycles. The third-order valence-corrected chi connectivity index (χ3v) is 6.05. The van der Waals surface area contributed by atoms with Crippen LogP contribution in [0.15, 0.2) is 24.4 Å². The van der Waals surface area contributed by atoms with Gasteiger partial charge in [-0.1, -0.05) is 18.5 Å². The van der Waals surface area contributed by atoms with Crippen LogP contribution in [0.4, 0.5) is 25.2 Å². The first kappa shape index (κ1) is 22.3. The van der Waals surface area contributed by atoms with E-state index in [9.17, 15) is 13.6 Å². The van der Waals surface area contributed by atoms with Crippen molar-refractivity contribution >= 4 is 36.2 Å². The van der Waals surface area contributed by atoms with Gasteiger partial charge >= 0.3 is 6.09 Å². The molecule has 0 bridgehead atoms. The van der Waals surface area contributed by atoms with Crippen LogP contribution in [0.3, 0.4) is 0 Å². The number of carbonyl (C=O) groups is 1. The number of piperazine rings is 1. The Balaban J connectivity index is 1.88. The fourth-order valence-electron chi connectivity index (χ4n) is 3.85. The monoisotopic (exact) mass is 467 g/mol. The third-order valence-electron chi connectivity index (χ3n) is 5.36. The van der Waals surface area contributed by atoms with Gasteiger partial charge in [-0.25, -0.2) is 23.5 Å². The lowest BCUT2D eigenvalue weighted by Crippen LogP contribution is -2.49. The molecular weight excluding hydrogens is 442 g/mol. The summed E-state index contributed by atoms with van der Waals surface area (Å²) in [5, 5.41) is 4.20. The lowest BCUT2D eigenvalue weighted by atomic mass is 9.98. The van der Waals surface area contributed by atoms with E-state index in [1.54, 1.807) is 18.2 Å². The van der Waals surface area contributed by atoms with Crippen molar-refractivity contribution in [1.82, 2.24) is 15.3 Å². The predicted molar refractivity (Wildman–Crippen MR) is 123 cm³/mol. The standard InChI is InChI=1S/C20H25F2N5O2P2/c1-10-9-27(6-5-23-10)14-8-11(20(2,22)31)7-13(25-14)12-3-4-24-18-15(12)16(17(21)30)29-19(28)26-18/h3-4,7-8,10,16-17,23H,5-6,9,30-31H2,1-2H3,(H,24,26,28)/t10-,16?,17?,20?/m0/s1. The lowest BCUT2D eigenvalue weighted by molar-refractivity contribution is 0.0779. The first-order valence-electron chi connectivity index (χ1n) is 9.98. The van der Waals surface area contributed by atoms with Crippen LogP contribution in [-0.2, 0) is 10.1 Å². The van der Waals surface area contributed by atoms with Gasteiger partial charge in [-0.3, -0.25) is 5.32 Å². The molecule has 5 unspecified atom stereocenters.